The Labute approximate surface area is 263 Å². The Kier molecular flexibility index (Phi) is 9.13. The van der Waals surface area contributed by atoms with Gasteiger partial charge >= 0.3 is 5.97 Å². The van der Waals surface area contributed by atoms with E-state index in [0.29, 0.717) is 33.1 Å². The molecular formula is C34H30N4O6S. The van der Waals surface area contributed by atoms with Crippen LogP contribution in [0.4, 0.5) is 5.69 Å². The molecule has 4 unspecified atom stereocenters. The number of aromatic nitrogens is 3. The highest BCUT2D eigenvalue weighted by atomic mass is 32.2. The minimum Gasteiger partial charge on any atom is -0.478 e. The lowest BCUT2D eigenvalue weighted by Gasteiger charge is -2.41. The molecule has 1 amide bonds. The first-order valence-corrected chi connectivity index (χ1v) is 15.3. The van der Waals surface area contributed by atoms with E-state index >= 15 is 0 Å². The SMILES string of the molecule is CC1C(CSc2ncccc2C(=O)O)OC(c2cccc(NC(=O)c3cnc4ccccc4n3)c2)OC1c1ccc(CO)cc1. The fourth-order valence-electron chi connectivity index (χ4n) is 5.16. The van der Waals surface area contributed by atoms with Crippen LogP contribution in [0.15, 0.2) is 102 Å². The van der Waals surface area contributed by atoms with Gasteiger partial charge in [-0.15, -0.1) is 11.8 Å². The number of hydrogen-bond acceptors (Lipinski definition) is 9. The molecule has 2 aromatic heterocycles. The molecule has 3 heterocycles. The van der Waals surface area contributed by atoms with Crippen molar-refractivity contribution in [3.8, 4) is 0 Å². The molecule has 3 N–H and O–H groups in total. The number of para-hydroxylation sites is 2. The smallest absolute Gasteiger partial charge is 0.338 e. The van der Waals surface area contributed by atoms with Crippen molar-refractivity contribution in [3.63, 3.8) is 0 Å². The Balaban J connectivity index is 1.25. The molecule has 0 spiro atoms. The molecule has 6 rings (SSSR count). The van der Waals surface area contributed by atoms with Gasteiger partial charge in [-0.05, 0) is 47.5 Å². The molecule has 1 aliphatic rings. The number of rotatable bonds is 9. The number of benzene rings is 3. The number of pyridine rings is 1. The molecule has 45 heavy (non-hydrogen) atoms. The summed E-state index contributed by atoms with van der Waals surface area (Å²) in [6, 6.07) is 25.3. The number of carboxylic acid groups (broad SMARTS) is 1. The lowest BCUT2D eigenvalue weighted by molar-refractivity contribution is -0.268. The van der Waals surface area contributed by atoms with Crippen molar-refractivity contribution in [1.82, 2.24) is 15.0 Å². The number of nitrogens with zero attached hydrogens (tertiary/aromatic N) is 3. The minimum atomic E-state index is -1.04. The summed E-state index contributed by atoms with van der Waals surface area (Å²) >= 11 is 1.32. The molecule has 0 saturated carbocycles. The van der Waals surface area contributed by atoms with E-state index < -0.39 is 18.2 Å². The zero-order valence-corrected chi connectivity index (χ0v) is 25.1. The van der Waals surface area contributed by atoms with Gasteiger partial charge < -0.3 is 25.0 Å². The van der Waals surface area contributed by atoms with Crippen molar-refractivity contribution in [2.75, 3.05) is 11.1 Å². The summed E-state index contributed by atoms with van der Waals surface area (Å²) in [5.74, 6) is -1.12. The van der Waals surface area contributed by atoms with Crippen molar-refractivity contribution in [3.05, 3.63) is 125 Å². The van der Waals surface area contributed by atoms with Crippen molar-refractivity contribution in [1.29, 1.82) is 0 Å². The number of fused-ring (bicyclic) bond motifs is 1. The van der Waals surface area contributed by atoms with Crippen molar-refractivity contribution in [2.24, 2.45) is 5.92 Å². The van der Waals surface area contributed by atoms with Gasteiger partial charge in [0, 0.05) is 29.1 Å². The molecule has 228 valence electrons. The molecule has 0 aliphatic carbocycles. The lowest BCUT2D eigenvalue weighted by atomic mass is 9.91. The van der Waals surface area contributed by atoms with Crippen LogP contribution in [0.1, 0.15) is 56.9 Å². The number of aliphatic hydroxyl groups is 1. The molecule has 3 aromatic carbocycles. The number of aliphatic hydroxyl groups excluding tert-OH is 1. The van der Waals surface area contributed by atoms with Gasteiger partial charge in [-0.1, -0.05) is 55.5 Å². The van der Waals surface area contributed by atoms with Crippen LogP contribution in [-0.2, 0) is 16.1 Å². The predicted octanol–water partition coefficient (Wildman–Crippen LogP) is 6.05. The summed E-state index contributed by atoms with van der Waals surface area (Å²) < 4.78 is 13.0. The van der Waals surface area contributed by atoms with Crippen LogP contribution in [0.25, 0.3) is 11.0 Å². The first-order valence-electron chi connectivity index (χ1n) is 14.3. The molecule has 10 nitrogen and oxygen atoms in total. The molecule has 0 radical (unpaired) electrons. The Morgan fingerprint density at radius 1 is 0.911 bits per heavy atom. The molecule has 11 heteroatoms. The highest BCUT2D eigenvalue weighted by molar-refractivity contribution is 7.99. The van der Waals surface area contributed by atoms with Crippen LogP contribution in [0.2, 0.25) is 0 Å². The Morgan fingerprint density at radius 2 is 1.71 bits per heavy atom. The van der Waals surface area contributed by atoms with Crippen molar-refractivity contribution < 1.29 is 29.3 Å². The molecule has 0 bridgehead atoms. The Morgan fingerprint density at radius 3 is 2.49 bits per heavy atom. The van der Waals surface area contributed by atoms with Crippen molar-refractivity contribution >= 4 is 40.4 Å². The highest BCUT2D eigenvalue weighted by Crippen LogP contribution is 2.43. The van der Waals surface area contributed by atoms with E-state index in [2.05, 4.69) is 20.3 Å². The van der Waals surface area contributed by atoms with Gasteiger partial charge in [0.15, 0.2) is 6.29 Å². The summed E-state index contributed by atoms with van der Waals surface area (Å²) in [4.78, 5) is 37.9. The number of aromatic carboxylic acids is 1. The van der Waals surface area contributed by atoms with Crippen LogP contribution in [-0.4, -0.2) is 48.9 Å². The number of carboxylic acids is 1. The van der Waals surface area contributed by atoms with Crippen LogP contribution < -0.4 is 5.32 Å². The second kappa shape index (κ2) is 13.5. The van der Waals surface area contributed by atoms with Crippen LogP contribution >= 0.6 is 11.8 Å². The molecule has 1 saturated heterocycles. The molecule has 1 aliphatic heterocycles. The summed E-state index contributed by atoms with van der Waals surface area (Å²) in [7, 11) is 0. The number of ether oxygens (including phenoxy) is 2. The zero-order chi connectivity index (χ0) is 31.3. The number of thioether (sulfide) groups is 1. The topological polar surface area (TPSA) is 144 Å². The Bertz CT molecular complexity index is 1840. The van der Waals surface area contributed by atoms with Gasteiger partial charge in [-0.25, -0.2) is 14.8 Å². The van der Waals surface area contributed by atoms with E-state index in [4.69, 9.17) is 9.47 Å². The normalized spacial score (nSPS) is 19.7. The summed E-state index contributed by atoms with van der Waals surface area (Å²) in [6.07, 6.45) is 1.53. The lowest BCUT2D eigenvalue weighted by Crippen LogP contribution is -2.38. The number of carbonyl (C=O) groups excluding carboxylic acids is 1. The van der Waals surface area contributed by atoms with E-state index in [-0.39, 0.29) is 36.0 Å². The maximum Gasteiger partial charge on any atom is 0.338 e. The van der Waals surface area contributed by atoms with E-state index in [0.717, 1.165) is 11.1 Å². The summed E-state index contributed by atoms with van der Waals surface area (Å²) in [5.41, 5.74) is 4.59. The third-order valence-electron chi connectivity index (χ3n) is 7.61. The van der Waals surface area contributed by atoms with Gasteiger partial charge in [-0.2, -0.15) is 0 Å². The summed E-state index contributed by atoms with van der Waals surface area (Å²) in [6.45, 7) is 1.97. The average molecular weight is 623 g/mol. The molecular weight excluding hydrogens is 592 g/mol. The fourth-order valence-corrected chi connectivity index (χ4v) is 6.31. The second-order valence-electron chi connectivity index (χ2n) is 10.6. The maximum atomic E-state index is 13.1. The van der Waals surface area contributed by atoms with Gasteiger partial charge in [0.2, 0.25) is 0 Å². The molecule has 1 fully saturated rings. The monoisotopic (exact) mass is 622 g/mol. The zero-order valence-electron chi connectivity index (χ0n) is 24.2. The number of carbonyl (C=O) groups is 2. The molecule has 4 atom stereocenters. The average Bonchev–Trinajstić information content (AvgIpc) is 3.08. The van der Waals surface area contributed by atoms with E-state index in [1.54, 1.807) is 30.5 Å². The first-order chi connectivity index (χ1) is 21.9. The first kappa shape index (κ1) is 30.4. The van der Waals surface area contributed by atoms with Gasteiger partial charge in [0.25, 0.3) is 5.91 Å². The molecule has 5 aromatic rings. The number of anilines is 1. The van der Waals surface area contributed by atoms with E-state index in [9.17, 15) is 19.8 Å². The Hall–Kier alpha value is -4.68. The van der Waals surface area contributed by atoms with Crippen LogP contribution in [0, 0.1) is 5.92 Å². The van der Waals surface area contributed by atoms with Gasteiger partial charge in [0.1, 0.15) is 10.7 Å². The maximum absolute atomic E-state index is 13.1. The minimum absolute atomic E-state index is 0.0638. The van der Waals surface area contributed by atoms with Gasteiger partial charge in [0.05, 0.1) is 41.6 Å². The number of hydrogen-bond donors (Lipinski definition) is 3. The third kappa shape index (κ3) is 6.86. The second-order valence-corrected chi connectivity index (χ2v) is 11.6. The van der Waals surface area contributed by atoms with Crippen LogP contribution in [0.3, 0.4) is 0 Å². The quantitative estimate of drug-likeness (QED) is 0.166. The largest absolute Gasteiger partial charge is 0.478 e. The predicted molar refractivity (Wildman–Crippen MR) is 169 cm³/mol. The summed E-state index contributed by atoms with van der Waals surface area (Å²) in [5, 5.41) is 22.5. The third-order valence-corrected chi connectivity index (χ3v) is 8.70. The fraction of sp³-hybridized carbons (Fsp3) is 0.206. The van der Waals surface area contributed by atoms with Crippen molar-refractivity contribution in [2.45, 2.75) is 37.1 Å². The van der Waals surface area contributed by atoms with Crippen LogP contribution in [0.5, 0.6) is 0 Å². The van der Waals surface area contributed by atoms with E-state index in [1.165, 1.54) is 24.0 Å². The highest BCUT2D eigenvalue weighted by Gasteiger charge is 2.38. The van der Waals surface area contributed by atoms with Gasteiger partial charge in [-0.3, -0.25) is 9.78 Å². The number of nitrogens with one attached hydrogen (secondary N) is 1. The standard InChI is InChI=1S/C34H30N4O6S/c1-20-29(19-45-32-25(33(41)42)8-5-15-35-32)43-34(44-30(20)22-13-11-21(18-39)12-14-22)23-6-4-7-24(16-23)37-31(40)28-17-36-26-9-2-3-10-27(26)38-28/h2-17,20,29-30,34,39H,18-19H2,1H3,(H,37,40)(H,41,42). The number of amides is 1. The van der Waals surface area contributed by atoms with E-state index in [1.807, 2.05) is 61.5 Å².